The first kappa shape index (κ1) is 15.1. The SMILES string of the molecule is Cc1cc(Nc2ncnc(Nc3ccc(Cl)cc3C)c2N)no1. The maximum Gasteiger partial charge on any atom is 0.175 e. The summed E-state index contributed by atoms with van der Waals surface area (Å²) in [6, 6.07) is 7.27. The lowest BCUT2D eigenvalue weighted by atomic mass is 10.2. The van der Waals surface area contributed by atoms with Gasteiger partial charge in [-0.15, -0.1) is 0 Å². The van der Waals surface area contributed by atoms with E-state index in [0.29, 0.717) is 33.9 Å². The van der Waals surface area contributed by atoms with Gasteiger partial charge >= 0.3 is 0 Å². The Balaban J connectivity index is 1.87. The van der Waals surface area contributed by atoms with Gasteiger partial charge in [-0.1, -0.05) is 16.8 Å². The summed E-state index contributed by atoms with van der Waals surface area (Å²) in [6.07, 6.45) is 1.42. The van der Waals surface area contributed by atoms with E-state index in [4.69, 9.17) is 21.9 Å². The predicted molar refractivity (Wildman–Crippen MR) is 90.4 cm³/mol. The molecule has 7 nitrogen and oxygen atoms in total. The zero-order chi connectivity index (χ0) is 16.4. The Hall–Kier alpha value is -2.80. The maximum atomic E-state index is 6.13. The first-order chi connectivity index (χ1) is 11.0. The van der Waals surface area contributed by atoms with Crippen LogP contribution in [0.5, 0.6) is 0 Å². The molecule has 3 aromatic rings. The summed E-state index contributed by atoms with van der Waals surface area (Å²) in [6.45, 7) is 3.75. The summed E-state index contributed by atoms with van der Waals surface area (Å²) in [7, 11) is 0. The topological polar surface area (TPSA) is 102 Å². The molecule has 3 rings (SSSR count). The number of benzene rings is 1. The lowest BCUT2D eigenvalue weighted by Crippen LogP contribution is -2.05. The molecule has 2 aromatic heterocycles. The number of aromatic nitrogens is 3. The van der Waals surface area contributed by atoms with Crippen LogP contribution >= 0.6 is 11.6 Å². The summed E-state index contributed by atoms with van der Waals surface area (Å²) in [5, 5.41) is 10.7. The highest BCUT2D eigenvalue weighted by atomic mass is 35.5. The highest BCUT2D eigenvalue weighted by Gasteiger charge is 2.11. The standard InChI is InChI=1S/C15H15ClN6O/c1-8-5-10(16)3-4-11(8)20-14-13(17)15(19-7-18-14)21-12-6-9(2)23-22-12/h3-7H,17H2,1-2H3,(H2,18,19,20,21,22). The van der Waals surface area contributed by atoms with Crippen LogP contribution in [0.1, 0.15) is 11.3 Å². The number of nitrogens with one attached hydrogen (secondary N) is 2. The van der Waals surface area contributed by atoms with Crippen LogP contribution in [-0.2, 0) is 0 Å². The fourth-order valence-electron chi connectivity index (χ4n) is 2.04. The number of anilines is 5. The molecule has 0 bridgehead atoms. The Labute approximate surface area is 137 Å². The molecule has 0 atom stereocenters. The average molecular weight is 331 g/mol. The van der Waals surface area contributed by atoms with E-state index in [1.807, 2.05) is 19.1 Å². The van der Waals surface area contributed by atoms with Crippen molar-refractivity contribution in [1.82, 2.24) is 15.1 Å². The molecule has 118 valence electrons. The summed E-state index contributed by atoms with van der Waals surface area (Å²) < 4.78 is 5.00. The second-order valence-electron chi connectivity index (χ2n) is 5.02. The Morgan fingerprint density at radius 3 is 2.48 bits per heavy atom. The van der Waals surface area contributed by atoms with E-state index in [0.717, 1.165) is 11.3 Å². The summed E-state index contributed by atoms with van der Waals surface area (Å²) in [5.41, 5.74) is 8.36. The van der Waals surface area contributed by atoms with Gasteiger partial charge in [-0.05, 0) is 37.6 Å². The van der Waals surface area contributed by atoms with Crippen molar-refractivity contribution < 1.29 is 4.52 Å². The molecule has 0 aliphatic rings. The van der Waals surface area contributed by atoms with Gasteiger partial charge in [0, 0.05) is 16.8 Å². The van der Waals surface area contributed by atoms with Crippen LogP contribution in [-0.4, -0.2) is 15.1 Å². The highest BCUT2D eigenvalue weighted by molar-refractivity contribution is 6.30. The molecule has 0 spiro atoms. The number of rotatable bonds is 4. The van der Waals surface area contributed by atoms with Crippen LogP contribution in [0.3, 0.4) is 0 Å². The van der Waals surface area contributed by atoms with Gasteiger partial charge in [-0.25, -0.2) is 9.97 Å². The summed E-state index contributed by atoms with van der Waals surface area (Å²) >= 11 is 5.96. The zero-order valence-electron chi connectivity index (χ0n) is 12.6. The van der Waals surface area contributed by atoms with Gasteiger partial charge in [0.2, 0.25) is 0 Å². The van der Waals surface area contributed by atoms with Crippen LogP contribution in [0.2, 0.25) is 5.02 Å². The van der Waals surface area contributed by atoms with Crippen molar-refractivity contribution in [3.05, 3.63) is 46.9 Å². The average Bonchev–Trinajstić information content (AvgIpc) is 2.91. The molecule has 0 aliphatic carbocycles. The Bertz CT molecular complexity index is 848. The molecule has 1 aromatic carbocycles. The second-order valence-corrected chi connectivity index (χ2v) is 5.45. The molecule has 2 heterocycles. The zero-order valence-corrected chi connectivity index (χ0v) is 13.3. The molecule has 4 N–H and O–H groups in total. The molecule has 0 saturated carbocycles. The first-order valence-corrected chi connectivity index (χ1v) is 7.24. The smallest absolute Gasteiger partial charge is 0.175 e. The number of nitrogen functional groups attached to an aromatic ring is 1. The van der Waals surface area contributed by atoms with Crippen molar-refractivity contribution >= 4 is 40.4 Å². The van der Waals surface area contributed by atoms with Crippen molar-refractivity contribution in [1.29, 1.82) is 0 Å². The van der Waals surface area contributed by atoms with E-state index in [9.17, 15) is 0 Å². The van der Waals surface area contributed by atoms with Gasteiger partial charge in [-0.3, -0.25) is 0 Å². The fourth-order valence-corrected chi connectivity index (χ4v) is 2.26. The summed E-state index contributed by atoms with van der Waals surface area (Å²) in [4.78, 5) is 8.31. The van der Waals surface area contributed by atoms with E-state index < -0.39 is 0 Å². The van der Waals surface area contributed by atoms with Crippen LogP contribution in [0.15, 0.2) is 35.1 Å². The van der Waals surface area contributed by atoms with Crippen molar-refractivity contribution in [3.63, 3.8) is 0 Å². The Morgan fingerprint density at radius 2 is 1.83 bits per heavy atom. The van der Waals surface area contributed by atoms with Crippen molar-refractivity contribution in [2.45, 2.75) is 13.8 Å². The normalized spacial score (nSPS) is 10.6. The van der Waals surface area contributed by atoms with E-state index in [1.54, 1.807) is 19.1 Å². The number of aryl methyl sites for hydroxylation is 2. The molecule has 0 aliphatic heterocycles. The molecule has 0 unspecified atom stereocenters. The predicted octanol–water partition coefficient (Wildman–Crippen LogP) is 3.80. The Kier molecular flexibility index (Phi) is 4.03. The minimum Gasteiger partial charge on any atom is -0.393 e. The largest absolute Gasteiger partial charge is 0.393 e. The van der Waals surface area contributed by atoms with E-state index in [-0.39, 0.29) is 0 Å². The van der Waals surface area contributed by atoms with Crippen LogP contribution < -0.4 is 16.4 Å². The van der Waals surface area contributed by atoms with Gasteiger partial charge in [0.25, 0.3) is 0 Å². The monoisotopic (exact) mass is 330 g/mol. The van der Waals surface area contributed by atoms with E-state index >= 15 is 0 Å². The minimum absolute atomic E-state index is 0.377. The molecule has 23 heavy (non-hydrogen) atoms. The van der Waals surface area contributed by atoms with Crippen LogP contribution in [0, 0.1) is 13.8 Å². The van der Waals surface area contributed by atoms with Crippen molar-refractivity contribution in [2.75, 3.05) is 16.4 Å². The van der Waals surface area contributed by atoms with E-state index in [2.05, 4.69) is 25.8 Å². The first-order valence-electron chi connectivity index (χ1n) is 6.87. The maximum absolute atomic E-state index is 6.13. The second kappa shape index (κ2) is 6.13. The molecule has 0 saturated heterocycles. The van der Waals surface area contributed by atoms with Crippen LogP contribution in [0.4, 0.5) is 28.8 Å². The third-order valence-corrected chi connectivity index (χ3v) is 3.43. The number of nitrogens with zero attached hydrogens (tertiary/aromatic N) is 3. The number of nitrogens with two attached hydrogens (primary N) is 1. The number of halogens is 1. The van der Waals surface area contributed by atoms with Gasteiger partial charge in [-0.2, -0.15) is 0 Å². The fraction of sp³-hybridized carbons (Fsp3) is 0.133. The van der Waals surface area contributed by atoms with Crippen LogP contribution in [0.25, 0.3) is 0 Å². The minimum atomic E-state index is 0.377. The van der Waals surface area contributed by atoms with Gasteiger partial charge in [0.15, 0.2) is 17.5 Å². The number of hydrogen-bond donors (Lipinski definition) is 3. The summed E-state index contributed by atoms with van der Waals surface area (Å²) in [5.74, 6) is 2.16. The van der Waals surface area contributed by atoms with Crippen molar-refractivity contribution in [3.8, 4) is 0 Å². The molecule has 8 heteroatoms. The van der Waals surface area contributed by atoms with Gasteiger partial charge < -0.3 is 20.9 Å². The van der Waals surface area contributed by atoms with Gasteiger partial charge in [0.1, 0.15) is 17.8 Å². The van der Waals surface area contributed by atoms with E-state index in [1.165, 1.54) is 6.33 Å². The molecule has 0 fully saturated rings. The quantitative estimate of drug-likeness (QED) is 0.668. The van der Waals surface area contributed by atoms with Crippen molar-refractivity contribution in [2.24, 2.45) is 0 Å². The molecular formula is C15H15ClN6O. The third kappa shape index (κ3) is 3.35. The third-order valence-electron chi connectivity index (χ3n) is 3.20. The molecular weight excluding hydrogens is 316 g/mol. The van der Waals surface area contributed by atoms with Gasteiger partial charge in [0.05, 0.1) is 0 Å². The number of hydrogen-bond acceptors (Lipinski definition) is 7. The molecule has 0 radical (unpaired) electrons. The molecule has 0 amide bonds. The lowest BCUT2D eigenvalue weighted by molar-refractivity contribution is 0.400. The Morgan fingerprint density at radius 1 is 1.09 bits per heavy atom. The lowest BCUT2D eigenvalue weighted by Gasteiger charge is -2.13. The highest BCUT2D eigenvalue weighted by Crippen LogP contribution is 2.29.